The molecule has 1 unspecified atom stereocenters. The van der Waals surface area contributed by atoms with Crippen LogP contribution in [0.3, 0.4) is 0 Å². The van der Waals surface area contributed by atoms with Crippen LogP contribution in [-0.4, -0.2) is 40.1 Å². The maximum atomic E-state index is 15.2. The fourth-order valence-electron chi connectivity index (χ4n) is 4.78. The Labute approximate surface area is 209 Å². The van der Waals surface area contributed by atoms with Crippen molar-refractivity contribution in [3.63, 3.8) is 0 Å². The number of benzene rings is 1. The Balaban J connectivity index is 1.48. The first-order chi connectivity index (χ1) is 17.5. The number of carbonyl (C=O) groups is 1. The Morgan fingerprint density at radius 2 is 2.14 bits per heavy atom. The molecule has 0 radical (unpaired) electrons. The predicted octanol–water partition coefficient (Wildman–Crippen LogP) is 5.34. The first kappa shape index (κ1) is 23.7. The third-order valence-corrected chi connectivity index (χ3v) is 6.50. The van der Waals surface area contributed by atoms with Crippen LogP contribution in [0.5, 0.6) is 5.75 Å². The number of hydrogen-bond donors (Lipinski definition) is 0. The van der Waals surface area contributed by atoms with Gasteiger partial charge >= 0.3 is 0 Å². The summed E-state index contributed by atoms with van der Waals surface area (Å²) in [6.07, 6.45) is 18.7. The third-order valence-electron chi connectivity index (χ3n) is 6.50. The SMILES string of the molecule is COc1cc(/C=C2\CCCN(C(C3=CC=CCC3)C3=COC=CO3)C2=O)c(F)cc1-n1cnc(C)c1. The van der Waals surface area contributed by atoms with Crippen molar-refractivity contribution in [2.45, 2.75) is 38.6 Å². The van der Waals surface area contributed by atoms with Gasteiger partial charge < -0.3 is 23.7 Å². The summed E-state index contributed by atoms with van der Waals surface area (Å²) in [7, 11) is 1.54. The molecule has 1 aliphatic carbocycles. The van der Waals surface area contributed by atoms with Gasteiger partial charge in [0.1, 0.15) is 36.4 Å². The topological polar surface area (TPSA) is 65.8 Å². The molecule has 0 bridgehead atoms. The molecule has 0 N–H and O–H groups in total. The van der Waals surface area contributed by atoms with Gasteiger partial charge in [0.05, 0.1) is 24.8 Å². The molecule has 5 rings (SSSR count). The molecular formula is C28H28FN3O4. The summed E-state index contributed by atoms with van der Waals surface area (Å²) >= 11 is 0. The fourth-order valence-corrected chi connectivity index (χ4v) is 4.78. The van der Waals surface area contributed by atoms with Crippen LogP contribution >= 0.6 is 0 Å². The molecule has 8 heteroatoms. The second-order valence-electron chi connectivity index (χ2n) is 8.90. The summed E-state index contributed by atoms with van der Waals surface area (Å²) in [5.41, 5.74) is 3.27. The van der Waals surface area contributed by atoms with Crippen LogP contribution in [0, 0.1) is 12.7 Å². The molecule has 2 aromatic rings. The minimum Gasteiger partial charge on any atom is -0.495 e. The second-order valence-corrected chi connectivity index (χ2v) is 8.90. The van der Waals surface area contributed by atoms with Gasteiger partial charge in [-0.15, -0.1) is 0 Å². The average Bonchev–Trinajstić information content (AvgIpc) is 3.34. The van der Waals surface area contributed by atoms with E-state index in [2.05, 4.69) is 11.1 Å². The largest absolute Gasteiger partial charge is 0.495 e. The summed E-state index contributed by atoms with van der Waals surface area (Å²) in [5, 5.41) is 0. The summed E-state index contributed by atoms with van der Waals surface area (Å²) < 4.78 is 33.6. The predicted molar refractivity (Wildman–Crippen MR) is 133 cm³/mol. The van der Waals surface area contributed by atoms with Crippen molar-refractivity contribution in [2.75, 3.05) is 13.7 Å². The molecule has 0 saturated carbocycles. The lowest BCUT2D eigenvalue weighted by atomic mass is 9.92. The van der Waals surface area contributed by atoms with Crippen LogP contribution in [0.2, 0.25) is 0 Å². The minimum atomic E-state index is -0.442. The van der Waals surface area contributed by atoms with Crippen LogP contribution in [-0.2, 0) is 14.3 Å². The van der Waals surface area contributed by atoms with Crippen LogP contribution in [0.1, 0.15) is 36.9 Å². The Morgan fingerprint density at radius 1 is 1.25 bits per heavy atom. The van der Waals surface area contributed by atoms with E-state index in [-0.39, 0.29) is 11.9 Å². The number of imidazole rings is 1. The van der Waals surface area contributed by atoms with Crippen LogP contribution in [0.25, 0.3) is 11.8 Å². The zero-order valence-electron chi connectivity index (χ0n) is 20.3. The third kappa shape index (κ3) is 4.71. The van der Waals surface area contributed by atoms with E-state index in [9.17, 15) is 4.79 Å². The van der Waals surface area contributed by atoms with Crippen molar-refractivity contribution in [3.8, 4) is 11.4 Å². The average molecular weight is 490 g/mol. The van der Waals surface area contributed by atoms with Gasteiger partial charge in [0.2, 0.25) is 0 Å². The molecule has 3 aliphatic rings. The molecule has 0 spiro atoms. The number of hydrogen-bond acceptors (Lipinski definition) is 5. The number of likely N-dealkylation sites (tertiary alicyclic amines) is 1. The first-order valence-electron chi connectivity index (χ1n) is 12.0. The Kier molecular flexibility index (Phi) is 6.75. The van der Waals surface area contributed by atoms with Crippen molar-refractivity contribution in [3.05, 3.63) is 95.7 Å². The zero-order valence-corrected chi connectivity index (χ0v) is 20.3. The highest BCUT2D eigenvalue weighted by Gasteiger charge is 2.35. The summed E-state index contributed by atoms with van der Waals surface area (Å²) in [6.45, 7) is 2.43. The molecule has 1 aromatic carbocycles. The van der Waals surface area contributed by atoms with Crippen molar-refractivity contribution in [1.82, 2.24) is 14.5 Å². The van der Waals surface area contributed by atoms with E-state index in [1.807, 2.05) is 19.1 Å². The monoisotopic (exact) mass is 489 g/mol. The van der Waals surface area contributed by atoms with Crippen LogP contribution in [0.4, 0.5) is 4.39 Å². The van der Waals surface area contributed by atoms with Gasteiger partial charge in [-0.2, -0.15) is 0 Å². The number of ether oxygens (including phenoxy) is 3. The van der Waals surface area contributed by atoms with Crippen molar-refractivity contribution in [1.29, 1.82) is 0 Å². The molecule has 186 valence electrons. The summed E-state index contributed by atoms with van der Waals surface area (Å²) in [5.74, 6) is 0.459. The van der Waals surface area contributed by atoms with Gasteiger partial charge in [0.15, 0.2) is 5.76 Å². The smallest absolute Gasteiger partial charge is 0.250 e. The van der Waals surface area contributed by atoms with Crippen molar-refractivity contribution >= 4 is 12.0 Å². The quantitative estimate of drug-likeness (QED) is 0.513. The van der Waals surface area contributed by atoms with E-state index in [0.717, 1.165) is 30.5 Å². The highest BCUT2D eigenvalue weighted by molar-refractivity contribution is 5.99. The van der Waals surface area contributed by atoms with E-state index in [0.29, 0.717) is 41.3 Å². The Bertz CT molecular complexity index is 1320. The van der Waals surface area contributed by atoms with E-state index < -0.39 is 5.82 Å². The number of nitrogens with zero attached hydrogens (tertiary/aromatic N) is 3. The highest BCUT2D eigenvalue weighted by atomic mass is 19.1. The highest BCUT2D eigenvalue weighted by Crippen LogP contribution is 2.34. The Morgan fingerprint density at radius 3 is 2.83 bits per heavy atom. The molecule has 2 aliphatic heterocycles. The number of amides is 1. The number of piperidine rings is 1. The number of allylic oxidation sites excluding steroid dienone is 3. The molecule has 36 heavy (non-hydrogen) atoms. The van der Waals surface area contributed by atoms with Crippen molar-refractivity contribution in [2.24, 2.45) is 0 Å². The standard InChI is InChI=1S/C28H28FN3O4/c1-19-16-31(18-30-19)24-15-23(29)22(14-25(24)34-2)13-21-9-6-10-32(28(21)33)27(20-7-4-3-5-8-20)26-17-35-11-12-36-26/h3-4,7,11-18,27H,5-6,8-10H2,1-2H3/b21-13+. The lowest BCUT2D eigenvalue weighted by Crippen LogP contribution is -2.46. The van der Waals surface area contributed by atoms with Gasteiger partial charge in [0.25, 0.3) is 5.91 Å². The maximum Gasteiger partial charge on any atom is 0.250 e. The molecule has 1 amide bonds. The molecule has 1 saturated heterocycles. The van der Waals surface area contributed by atoms with Gasteiger partial charge in [-0.3, -0.25) is 4.79 Å². The Hall–Kier alpha value is -4.07. The lowest BCUT2D eigenvalue weighted by Gasteiger charge is -2.38. The second kappa shape index (κ2) is 10.3. The number of aryl methyl sites for hydroxylation is 1. The molecular weight excluding hydrogens is 461 g/mol. The first-order valence-corrected chi connectivity index (χ1v) is 12.0. The number of methoxy groups -OCH3 is 1. The molecule has 1 aromatic heterocycles. The van der Waals surface area contributed by atoms with Crippen LogP contribution in [0.15, 0.2) is 78.6 Å². The number of aromatic nitrogens is 2. The van der Waals surface area contributed by atoms with E-state index in [1.165, 1.54) is 32.0 Å². The molecule has 1 fully saturated rings. The maximum absolute atomic E-state index is 15.2. The fraction of sp³-hybridized carbons (Fsp3) is 0.286. The van der Waals surface area contributed by atoms with Gasteiger partial charge in [-0.1, -0.05) is 18.2 Å². The van der Waals surface area contributed by atoms with Crippen LogP contribution < -0.4 is 4.74 Å². The normalized spacial score (nSPS) is 19.5. The van der Waals surface area contributed by atoms with Crippen molar-refractivity contribution < 1.29 is 23.4 Å². The van der Waals surface area contributed by atoms with Gasteiger partial charge in [-0.25, -0.2) is 9.37 Å². The molecule has 3 heterocycles. The zero-order chi connectivity index (χ0) is 25.1. The molecule has 1 atom stereocenters. The van der Waals surface area contributed by atoms with E-state index >= 15 is 4.39 Å². The lowest BCUT2D eigenvalue weighted by molar-refractivity contribution is -0.130. The van der Waals surface area contributed by atoms with Gasteiger partial charge in [-0.05, 0) is 50.3 Å². The summed E-state index contributed by atoms with van der Waals surface area (Å²) in [6, 6.07) is 2.64. The number of halogens is 1. The number of rotatable bonds is 6. The van der Waals surface area contributed by atoms with E-state index in [1.54, 1.807) is 34.1 Å². The number of carbonyl (C=O) groups excluding carboxylic acids is 1. The minimum absolute atomic E-state index is 0.145. The van der Waals surface area contributed by atoms with E-state index in [4.69, 9.17) is 14.2 Å². The summed E-state index contributed by atoms with van der Waals surface area (Å²) in [4.78, 5) is 19.7. The van der Waals surface area contributed by atoms with Gasteiger partial charge in [0, 0.05) is 29.9 Å². The molecule has 7 nitrogen and oxygen atoms in total.